The molecule has 2 aromatic carbocycles. The van der Waals surface area contributed by atoms with Crippen molar-refractivity contribution in [3.8, 4) is 11.8 Å². The molecule has 0 fully saturated rings. The zero-order valence-corrected chi connectivity index (χ0v) is 19.5. The fourth-order valence-corrected chi connectivity index (χ4v) is 3.75. The highest BCUT2D eigenvalue weighted by atomic mass is 35.5. The zero-order chi connectivity index (χ0) is 26.2. The van der Waals surface area contributed by atoms with E-state index >= 15 is 0 Å². The van der Waals surface area contributed by atoms with Gasteiger partial charge in [0.15, 0.2) is 11.2 Å². The molecule has 9 nitrogen and oxygen atoms in total. The molecular weight excluding hydrogens is 505 g/mol. The third-order valence-corrected chi connectivity index (χ3v) is 5.68. The highest BCUT2D eigenvalue weighted by Crippen LogP contribution is 2.33. The summed E-state index contributed by atoms with van der Waals surface area (Å²) in [7, 11) is 1.35. The van der Waals surface area contributed by atoms with Gasteiger partial charge in [-0.1, -0.05) is 29.8 Å². The molecule has 0 bridgehead atoms. The van der Waals surface area contributed by atoms with Gasteiger partial charge in [0, 0.05) is 12.1 Å². The normalized spacial score (nSPS) is 12.8. The molecule has 4 rings (SSSR count). The molecule has 0 radical (unpaired) electrons. The molecule has 0 saturated carbocycles. The summed E-state index contributed by atoms with van der Waals surface area (Å²) in [5.74, 6) is -0.182. The smallest absolute Gasteiger partial charge is 0.416 e. The molecule has 0 saturated heterocycles. The molecule has 13 heteroatoms. The van der Waals surface area contributed by atoms with Crippen LogP contribution in [0.4, 0.5) is 13.2 Å². The van der Waals surface area contributed by atoms with Gasteiger partial charge >= 0.3 is 17.9 Å². The first kappa shape index (κ1) is 25.5. The quantitative estimate of drug-likeness (QED) is 0.384. The average Bonchev–Trinajstić information content (AvgIpc) is 3.19. The van der Waals surface area contributed by atoms with Gasteiger partial charge in [-0.05, 0) is 35.9 Å². The maximum absolute atomic E-state index is 13.3. The number of aliphatic hydroxyl groups excluding tert-OH is 2. The second kappa shape index (κ2) is 9.80. The summed E-state index contributed by atoms with van der Waals surface area (Å²) in [5.41, 5.74) is -2.06. The molecular formula is C23H20ClF3N4O5. The fraction of sp³-hybridized carbons (Fsp3) is 0.261. The third kappa shape index (κ3) is 5.01. The van der Waals surface area contributed by atoms with Crippen molar-refractivity contribution in [2.75, 3.05) is 6.61 Å². The Kier molecular flexibility index (Phi) is 6.94. The van der Waals surface area contributed by atoms with Gasteiger partial charge in [0.05, 0.1) is 31.4 Å². The van der Waals surface area contributed by atoms with E-state index in [1.807, 2.05) is 0 Å². The first-order valence-electron chi connectivity index (χ1n) is 10.6. The van der Waals surface area contributed by atoms with E-state index in [-0.39, 0.29) is 29.5 Å². The molecule has 190 valence electrons. The van der Waals surface area contributed by atoms with Gasteiger partial charge in [-0.2, -0.15) is 18.2 Å². The molecule has 36 heavy (non-hydrogen) atoms. The summed E-state index contributed by atoms with van der Waals surface area (Å²) in [6.07, 6.45) is -5.98. The topological polar surface area (TPSA) is 112 Å². The van der Waals surface area contributed by atoms with Crippen molar-refractivity contribution in [2.45, 2.75) is 25.4 Å². The van der Waals surface area contributed by atoms with Gasteiger partial charge in [0.2, 0.25) is 0 Å². The number of imidazole rings is 1. The summed E-state index contributed by atoms with van der Waals surface area (Å²) >= 11 is 5.95. The molecule has 1 atom stereocenters. The monoisotopic (exact) mass is 524 g/mol. The lowest BCUT2D eigenvalue weighted by Gasteiger charge is -2.13. The average molecular weight is 525 g/mol. The Morgan fingerprint density at radius 1 is 1.11 bits per heavy atom. The molecule has 0 aliphatic rings. The minimum absolute atomic E-state index is 0.00202. The van der Waals surface area contributed by atoms with Crippen LogP contribution in [0, 0.1) is 0 Å². The maximum atomic E-state index is 13.3. The number of rotatable bonds is 7. The molecule has 2 heterocycles. The SMILES string of the molecule is Cn1c(=O)n(CC(O)CO)c(=O)c2c1nc(Oc1cccc(C(F)(F)F)c1)n2Cc1ccc(Cl)cc1. The lowest BCUT2D eigenvalue weighted by atomic mass is 10.2. The first-order valence-corrected chi connectivity index (χ1v) is 11.0. The van der Waals surface area contributed by atoms with Crippen molar-refractivity contribution in [2.24, 2.45) is 7.05 Å². The molecule has 4 aromatic rings. The number of aryl methyl sites for hydroxylation is 1. The van der Waals surface area contributed by atoms with Gasteiger partial charge in [-0.15, -0.1) is 0 Å². The molecule has 0 aliphatic heterocycles. The van der Waals surface area contributed by atoms with Crippen LogP contribution in [-0.2, 0) is 26.3 Å². The predicted octanol–water partition coefficient (Wildman–Crippen LogP) is 2.76. The van der Waals surface area contributed by atoms with Crippen molar-refractivity contribution in [3.05, 3.63) is 85.5 Å². The van der Waals surface area contributed by atoms with Gasteiger partial charge in [-0.25, -0.2) is 4.79 Å². The van der Waals surface area contributed by atoms with Crippen LogP contribution in [-0.4, -0.2) is 41.6 Å². The second-order valence-electron chi connectivity index (χ2n) is 8.00. The van der Waals surface area contributed by atoms with Crippen LogP contribution >= 0.6 is 11.6 Å². The van der Waals surface area contributed by atoms with Gasteiger partial charge in [0.1, 0.15) is 5.75 Å². The number of aromatic nitrogens is 4. The van der Waals surface area contributed by atoms with E-state index in [4.69, 9.17) is 16.3 Å². The van der Waals surface area contributed by atoms with Crippen molar-refractivity contribution in [1.29, 1.82) is 0 Å². The summed E-state index contributed by atoms with van der Waals surface area (Å²) in [6.45, 7) is -1.16. The van der Waals surface area contributed by atoms with Crippen LogP contribution < -0.4 is 16.0 Å². The van der Waals surface area contributed by atoms with Gasteiger partial charge in [-0.3, -0.25) is 18.5 Å². The number of aliphatic hydroxyl groups is 2. The molecule has 0 amide bonds. The summed E-state index contributed by atoms with van der Waals surface area (Å²) in [5, 5.41) is 19.5. The van der Waals surface area contributed by atoms with Gasteiger partial charge < -0.3 is 14.9 Å². The summed E-state index contributed by atoms with van der Waals surface area (Å²) in [6, 6.07) is 10.5. The summed E-state index contributed by atoms with van der Waals surface area (Å²) in [4.78, 5) is 30.4. The number of alkyl halides is 3. The van der Waals surface area contributed by atoms with Crippen LogP contribution in [0.15, 0.2) is 58.1 Å². The first-order chi connectivity index (χ1) is 17.0. The Balaban J connectivity index is 1.92. The lowest BCUT2D eigenvalue weighted by Crippen LogP contribution is -2.42. The second-order valence-corrected chi connectivity index (χ2v) is 8.44. The number of fused-ring (bicyclic) bond motifs is 1. The highest BCUT2D eigenvalue weighted by Gasteiger charge is 2.31. The number of ether oxygens (including phenoxy) is 1. The van der Waals surface area contributed by atoms with Crippen molar-refractivity contribution in [1.82, 2.24) is 18.7 Å². The molecule has 2 N–H and O–H groups in total. The van der Waals surface area contributed by atoms with E-state index in [1.54, 1.807) is 24.3 Å². The Hall–Kier alpha value is -3.61. The molecule has 1 unspecified atom stereocenters. The predicted molar refractivity (Wildman–Crippen MR) is 124 cm³/mol. The maximum Gasteiger partial charge on any atom is 0.416 e. The molecule has 0 spiro atoms. The number of nitrogens with zero attached hydrogens (tertiary/aromatic N) is 4. The molecule has 2 aromatic heterocycles. The van der Waals surface area contributed by atoms with Crippen molar-refractivity contribution >= 4 is 22.8 Å². The van der Waals surface area contributed by atoms with E-state index in [2.05, 4.69) is 4.98 Å². The van der Waals surface area contributed by atoms with Crippen LogP contribution in [0.2, 0.25) is 5.02 Å². The van der Waals surface area contributed by atoms with Crippen LogP contribution in [0.25, 0.3) is 11.2 Å². The van der Waals surface area contributed by atoms with E-state index in [0.29, 0.717) is 10.6 Å². The number of halogens is 4. The van der Waals surface area contributed by atoms with Crippen LogP contribution in [0.3, 0.4) is 0 Å². The minimum Gasteiger partial charge on any atom is -0.425 e. The number of benzene rings is 2. The Labute approximate surface area is 206 Å². The van der Waals surface area contributed by atoms with E-state index in [1.165, 1.54) is 23.7 Å². The van der Waals surface area contributed by atoms with Crippen LogP contribution in [0.5, 0.6) is 11.8 Å². The number of hydrogen-bond acceptors (Lipinski definition) is 6. The number of hydrogen-bond donors (Lipinski definition) is 2. The lowest BCUT2D eigenvalue weighted by molar-refractivity contribution is -0.137. The van der Waals surface area contributed by atoms with E-state index in [0.717, 1.165) is 21.3 Å². The highest BCUT2D eigenvalue weighted by molar-refractivity contribution is 6.30. The zero-order valence-electron chi connectivity index (χ0n) is 18.7. The Morgan fingerprint density at radius 2 is 1.81 bits per heavy atom. The van der Waals surface area contributed by atoms with Crippen molar-refractivity contribution < 1.29 is 28.1 Å². The van der Waals surface area contributed by atoms with Crippen LogP contribution in [0.1, 0.15) is 11.1 Å². The summed E-state index contributed by atoms with van der Waals surface area (Å²) < 4.78 is 48.4. The minimum atomic E-state index is -4.60. The van der Waals surface area contributed by atoms with Crippen molar-refractivity contribution in [3.63, 3.8) is 0 Å². The molecule has 0 aliphatic carbocycles. The van der Waals surface area contributed by atoms with E-state index < -0.39 is 42.2 Å². The Morgan fingerprint density at radius 3 is 2.44 bits per heavy atom. The third-order valence-electron chi connectivity index (χ3n) is 5.43. The standard InChI is InChI=1S/C23H20ClF3N4O5/c1-29-19-18(20(34)31(22(29)35)11-16(33)12-32)30(10-13-5-7-15(24)8-6-13)21(28-19)36-17-4-2-3-14(9-17)23(25,26)27/h2-9,16,32-33H,10-12H2,1H3. The Bertz CT molecular complexity index is 1530. The van der Waals surface area contributed by atoms with E-state index in [9.17, 15) is 33.0 Å². The fourth-order valence-electron chi connectivity index (χ4n) is 3.62. The largest absolute Gasteiger partial charge is 0.425 e. The van der Waals surface area contributed by atoms with Gasteiger partial charge in [0.25, 0.3) is 5.56 Å².